The highest BCUT2D eigenvalue weighted by molar-refractivity contribution is 6.30. The third-order valence-electron chi connectivity index (χ3n) is 2.48. The molecule has 1 aromatic carbocycles. The van der Waals surface area contributed by atoms with Crippen molar-refractivity contribution in [3.8, 4) is 0 Å². The summed E-state index contributed by atoms with van der Waals surface area (Å²) in [5, 5.41) is 0.800. The zero-order valence-electron chi connectivity index (χ0n) is 7.55. The molecule has 1 aromatic rings. The van der Waals surface area contributed by atoms with E-state index >= 15 is 0 Å². The number of hydrogen-bond donors (Lipinski definition) is 0. The summed E-state index contributed by atoms with van der Waals surface area (Å²) in [6.45, 7) is 5.94. The molecule has 0 saturated carbocycles. The second-order valence-corrected chi connectivity index (χ2v) is 3.78. The largest absolute Gasteiger partial charge is 0.102 e. The van der Waals surface area contributed by atoms with Gasteiger partial charge in [-0.05, 0) is 35.8 Å². The third kappa shape index (κ3) is 1.31. The lowest BCUT2D eigenvalue weighted by atomic mass is 10.0. The first kappa shape index (κ1) is 8.58. The van der Waals surface area contributed by atoms with Gasteiger partial charge in [0.25, 0.3) is 0 Å². The number of hydrogen-bond acceptors (Lipinski definition) is 0. The highest BCUT2D eigenvalue weighted by Gasteiger charge is 2.18. The quantitative estimate of drug-likeness (QED) is 0.587. The van der Waals surface area contributed by atoms with Crippen LogP contribution < -0.4 is 0 Å². The maximum Gasteiger partial charge on any atom is 0.0409 e. The van der Waals surface area contributed by atoms with Gasteiger partial charge in [0.1, 0.15) is 0 Å². The lowest BCUT2D eigenvalue weighted by Crippen LogP contribution is -1.87. The normalized spacial score (nSPS) is 19.5. The average molecular weight is 191 g/mol. The molecule has 66 valence electrons. The van der Waals surface area contributed by atoms with Gasteiger partial charge in [0.2, 0.25) is 0 Å². The van der Waals surface area contributed by atoms with Gasteiger partial charge in [0, 0.05) is 10.9 Å². The number of rotatable bonds is 1. The Hall–Kier alpha value is -1.01. The molecule has 0 aliphatic heterocycles. The predicted octanol–water partition coefficient (Wildman–Crippen LogP) is 4.03. The highest BCUT2D eigenvalue weighted by Crippen LogP contribution is 2.37. The van der Waals surface area contributed by atoms with Gasteiger partial charge in [-0.1, -0.05) is 29.8 Å². The SMILES string of the molecule is C=CC1C=C(C)c2ccc(Cl)cc21. The van der Waals surface area contributed by atoms with Crippen molar-refractivity contribution >= 4 is 17.2 Å². The molecule has 0 amide bonds. The summed E-state index contributed by atoms with van der Waals surface area (Å²) in [5.74, 6) is 0.341. The molecule has 1 aliphatic rings. The Morgan fingerprint density at radius 3 is 2.92 bits per heavy atom. The standard InChI is InChI=1S/C12H11Cl/c1-3-9-6-8(2)11-5-4-10(13)7-12(9)11/h3-7,9H,1H2,2H3. The van der Waals surface area contributed by atoms with Gasteiger partial charge in [-0.3, -0.25) is 0 Å². The molecule has 1 aliphatic carbocycles. The highest BCUT2D eigenvalue weighted by atomic mass is 35.5. The van der Waals surface area contributed by atoms with Crippen LogP contribution in [0.4, 0.5) is 0 Å². The van der Waals surface area contributed by atoms with E-state index < -0.39 is 0 Å². The van der Waals surface area contributed by atoms with E-state index in [0.717, 1.165) is 5.02 Å². The Morgan fingerprint density at radius 2 is 2.23 bits per heavy atom. The van der Waals surface area contributed by atoms with Gasteiger partial charge >= 0.3 is 0 Å². The van der Waals surface area contributed by atoms with Crippen molar-refractivity contribution in [3.63, 3.8) is 0 Å². The van der Waals surface area contributed by atoms with Crippen molar-refractivity contribution in [2.24, 2.45) is 0 Å². The van der Waals surface area contributed by atoms with Crippen LogP contribution in [0.15, 0.2) is 36.9 Å². The molecule has 1 atom stereocenters. The fourth-order valence-corrected chi connectivity index (χ4v) is 1.99. The van der Waals surface area contributed by atoms with E-state index in [-0.39, 0.29) is 0 Å². The lowest BCUT2D eigenvalue weighted by Gasteiger charge is -2.05. The van der Waals surface area contributed by atoms with Crippen molar-refractivity contribution in [3.05, 3.63) is 53.1 Å². The average Bonchev–Trinajstić information content (AvgIpc) is 2.42. The summed E-state index contributed by atoms with van der Waals surface area (Å²) in [5.41, 5.74) is 3.89. The lowest BCUT2D eigenvalue weighted by molar-refractivity contribution is 1.12. The van der Waals surface area contributed by atoms with E-state index in [9.17, 15) is 0 Å². The second-order valence-electron chi connectivity index (χ2n) is 3.34. The van der Waals surface area contributed by atoms with Crippen LogP contribution in [0.2, 0.25) is 5.02 Å². The first-order valence-corrected chi connectivity index (χ1v) is 4.71. The molecule has 2 rings (SSSR count). The fraction of sp³-hybridized carbons (Fsp3) is 0.167. The summed E-state index contributed by atoms with van der Waals surface area (Å²) in [4.78, 5) is 0. The minimum absolute atomic E-state index is 0.341. The molecule has 0 saturated heterocycles. The van der Waals surface area contributed by atoms with Gasteiger partial charge in [0.15, 0.2) is 0 Å². The van der Waals surface area contributed by atoms with Crippen LogP contribution in [0.3, 0.4) is 0 Å². The van der Waals surface area contributed by atoms with Crippen LogP contribution in [0.5, 0.6) is 0 Å². The van der Waals surface area contributed by atoms with Crippen molar-refractivity contribution in [2.75, 3.05) is 0 Å². The zero-order chi connectivity index (χ0) is 9.42. The molecule has 0 radical (unpaired) electrons. The summed E-state index contributed by atoms with van der Waals surface area (Å²) < 4.78 is 0. The Labute approximate surface area is 83.5 Å². The number of allylic oxidation sites excluding steroid dienone is 3. The molecule has 0 fully saturated rings. The van der Waals surface area contributed by atoms with Gasteiger partial charge in [-0.15, -0.1) is 6.58 Å². The molecule has 0 aromatic heterocycles. The number of fused-ring (bicyclic) bond motifs is 1. The maximum atomic E-state index is 5.94. The van der Waals surface area contributed by atoms with E-state index in [1.54, 1.807) is 0 Å². The Bertz CT molecular complexity index is 388. The smallest absolute Gasteiger partial charge is 0.0409 e. The molecular formula is C12H11Cl. The van der Waals surface area contributed by atoms with Crippen molar-refractivity contribution < 1.29 is 0 Å². The molecule has 0 N–H and O–H groups in total. The van der Waals surface area contributed by atoms with Gasteiger partial charge < -0.3 is 0 Å². The molecular weight excluding hydrogens is 180 g/mol. The molecule has 0 heterocycles. The van der Waals surface area contributed by atoms with Crippen LogP contribution in [-0.4, -0.2) is 0 Å². The van der Waals surface area contributed by atoms with E-state index in [1.165, 1.54) is 16.7 Å². The minimum Gasteiger partial charge on any atom is -0.102 e. The fourth-order valence-electron chi connectivity index (χ4n) is 1.81. The Morgan fingerprint density at radius 1 is 1.46 bits per heavy atom. The van der Waals surface area contributed by atoms with Gasteiger partial charge in [-0.2, -0.15) is 0 Å². The van der Waals surface area contributed by atoms with Crippen LogP contribution >= 0.6 is 11.6 Å². The molecule has 0 nitrogen and oxygen atoms in total. The second kappa shape index (κ2) is 3.04. The first-order chi connectivity index (χ1) is 6.22. The monoisotopic (exact) mass is 190 g/mol. The predicted molar refractivity (Wildman–Crippen MR) is 58.0 cm³/mol. The molecule has 0 bridgehead atoms. The van der Waals surface area contributed by atoms with Crippen LogP contribution in [0.25, 0.3) is 5.57 Å². The van der Waals surface area contributed by atoms with Crippen LogP contribution in [0.1, 0.15) is 24.0 Å². The first-order valence-electron chi connectivity index (χ1n) is 4.33. The van der Waals surface area contributed by atoms with Crippen LogP contribution in [-0.2, 0) is 0 Å². The van der Waals surface area contributed by atoms with Crippen molar-refractivity contribution in [2.45, 2.75) is 12.8 Å². The number of halogens is 1. The third-order valence-corrected chi connectivity index (χ3v) is 2.72. The molecule has 1 heteroatoms. The zero-order valence-corrected chi connectivity index (χ0v) is 8.31. The van der Waals surface area contributed by atoms with Gasteiger partial charge in [-0.25, -0.2) is 0 Å². The summed E-state index contributed by atoms with van der Waals surface area (Å²) in [7, 11) is 0. The summed E-state index contributed by atoms with van der Waals surface area (Å²) in [6, 6.07) is 6.03. The Balaban J connectivity index is 2.59. The van der Waals surface area contributed by atoms with Gasteiger partial charge in [0.05, 0.1) is 0 Å². The van der Waals surface area contributed by atoms with E-state index in [1.807, 2.05) is 18.2 Å². The Kier molecular flexibility index (Phi) is 2.01. The van der Waals surface area contributed by atoms with E-state index in [0.29, 0.717) is 5.92 Å². The molecule has 0 spiro atoms. The van der Waals surface area contributed by atoms with Crippen molar-refractivity contribution in [1.82, 2.24) is 0 Å². The molecule has 13 heavy (non-hydrogen) atoms. The van der Waals surface area contributed by atoms with Crippen molar-refractivity contribution in [1.29, 1.82) is 0 Å². The summed E-state index contributed by atoms with van der Waals surface area (Å²) >= 11 is 5.94. The van der Waals surface area contributed by atoms with E-state index in [4.69, 9.17) is 11.6 Å². The molecule has 1 unspecified atom stereocenters. The minimum atomic E-state index is 0.341. The van der Waals surface area contributed by atoms with Crippen LogP contribution in [0, 0.1) is 0 Å². The summed E-state index contributed by atoms with van der Waals surface area (Å²) in [6.07, 6.45) is 4.17. The number of benzene rings is 1. The maximum absolute atomic E-state index is 5.94. The topological polar surface area (TPSA) is 0 Å². The van der Waals surface area contributed by atoms with E-state index in [2.05, 4.69) is 25.6 Å².